The van der Waals surface area contributed by atoms with Gasteiger partial charge in [-0.1, -0.05) is 6.92 Å². The average Bonchev–Trinajstić information content (AvgIpc) is 2.45. The predicted octanol–water partition coefficient (Wildman–Crippen LogP) is 2.76. The maximum atomic E-state index is 13.3. The van der Waals surface area contributed by atoms with Gasteiger partial charge in [0.1, 0.15) is 0 Å². The first-order valence-corrected chi connectivity index (χ1v) is 6.66. The van der Waals surface area contributed by atoms with Crippen molar-refractivity contribution in [2.24, 2.45) is 0 Å². The number of nitrogens with one attached hydrogen (secondary N) is 1. The monoisotopic (exact) mass is 309 g/mol. The van der Waals surface area contributed by atoms with Crippen LogP contribution in [0.25, 0.3) is 0 Å². The van der Waals surface area contributed by atoms with Crippen LogP contribution in [0.2, 0.25) is 0 Å². The zero-order chi connectivity index (χ0) is 16.0. The lowest BCUT2D eigenvalue weighted by Gasteiger charge is -2.28. The van der Waals surface area contributed by atoms with Crippen LogP contribution < -0.4 is 10.1 Å². The van der Waals surface area contributed by atoms with Crippen LogP contribution in [0.3, 0.4) is 0 Å². The molecule has 1 unspecified atom stereocenters. The number of aliphatic hydroxyl groups is 1. The molecule has 0 saturated carbocycles. The van der Waals surface area contributed by atoms with E-state index in [1.165, 1.54) is 0 Å². The first-order valence-electron chi connectivity index (χ1n) is 6.66. The molecule has 3 nitrogen and oxygen atoms in total. The zero-order valence-electron chi connectivity index (χ0n) is 12.0. The maximum absolute atomic E-state index is 13.3. The number of rotatable bonds is 8. The number of ether oxygens (including phenoxy) is 1. The van der Waals surface area contributed by atoms with Gasteiger partial charge < -0.3 is 15.2 Å². The Morgan fingerprint density at radius 1 is 1.19 bits per heavy atom. The van der Waals surface area contributed by atoms with E-state index in [9.17, 15) is 22.7 Å². The fourth-order valence-electron chi connectivity index (χ4n) is 1.96. The van der Waals surface area contributed by atoms with Crippen LogP contribution in [0.1, 0.15) is 26.7 Å². The van der Waals surface area contributed by atoms with E-state index >= 15 is 0 Å². The second-order valence-corrected chi connectivity index (χ2v) is 5.00. The van der Waals surface area contributed by atoms with Crippen molar-refractivity contribution in [1.82, 2.24) is 5.32 Å². The van der Waals surface area contributed by atoms with E-state index in [4.69, 9.17) is 4.74 Å². The minimum Gasteiger partial charge on any atom is -0.487 e. The van der Waals surface area contributed by atoms with Crippen LogP contribution in [-0.2, 0) is 0 Å². The van der Waals surface area contributed by atoms with Gasteiger partial charge in [0.05, 0.1) is 13.2 Å². The Morgan fingerprint density at radius 3 is 2.24 bits per heavy atom. The molecule has 0 aromatic heterocycles. The van der Waals surface area contributed by atoms with Gasteiger partial charge in [-0.2, -0.15) is 8.78 Å². The van der Waals surface area contributed by atoms with E-state index in [0.29, 0.717) is 19.4 Å². The molecule has 1 atom stereocenters. The van der Waals surface area contributed by atoms with Crippen LogP contribution in [0.5, 0.6) is 5.75 Å². The molecular formula is C14H19F4NO2. The molecule has 0 aliphatic heterocycles. The van der Waals surface area contributed by atoms with Crippen molar-refractivity contribution in [3.05, 3.63) is 29.3 Å². The fourth-order valence-corrected chi connectivity index (χ4v) is 1.96. The van der Waals surface area contributed by atoms with Gasteiger partial charge in [0, 0.05) is 11.6 Å². The highest BCUT2D eigenvalue weighted by atomic mass is 19.2. The summed E-state index contributed by atoms with van der Waals surface area (Å²) in [5.74, 6) is -7.16. The minimum absolute atomic E-state index is 0.113. The van der Waals surface area contributed by atoms with E-state index in [0.717, 1.165) is 0 Å². The summed E-state index contributed by atoms with van der Waals surface area (Å²) in [5.41, 5.74) is -0.539. The highest BCUT2D eigenvalue weighted by Gasteiger charge is 2.23. The van der Waals surface area contributed by atoms with E-state index in [1.54, 1.807) is 6.92 Å². The summed E-state index contributed by atoms with van der Waals surface area (Å²) >= 11 is 0. The molecule has 0 bridgehead atoms. The van der Waals surface area contributed by atoms with Gasteiger partial charge in [-0.05, 0) is 26.3 Å². The lowest BCUT2D eigenvalue weighted by Crippen LogP contribution is -2.45. The molecule has 1 aromatic rings. The number of hydrogen-bond donors (Lipinski definition) is 2. The van der Waals surface area contributed by atoms with E-state index in [-0.39, 0.29) is 19.3 Å². The van der Waals surface area contributed by atoms with Gasteiger partial charge in [-0.25, -0.2) is 8.78 Å². The van der Waals surface area contributed by atoms with Crippen LogP contribution in [0, 0.1) is 23.3 Å². The Bertz CT molecular complexity index is 458. The second-order valence-electron chi connectivity index (χ2n) is 5.00. The Hall–Kier alpha value is -1.34. The lowest BCUT2D eigenvalue weighted by atomic mass is 9.97. The molecule has 1 aromatic carbocycles. The Balaban J connectivity index is 2.61. The second kappa shape index (κ2) is 7.61. The summed E-state index contributed by atoms with van der Waals surface area (Å²) < 4.78 is 57.4. The Morgan fingerprint density at radius 2 is 1.76 bits per heavy atom. The van der Waals surface area contributed by atoms with Gasteiger partial charge in [0.15, 0.2) is 17.4 Å². The van der Waals surface area contributed by atoms with E-state index < -0.39 is 34.6 Å². The topological polar surface area (TPSA) is 41.5 Å². The minimum atomic E-state index is -1.55. The lowest BCUT2D eigenvalue weighted by molar-refractivity contribution is 0.156. The molecule has 1 rings (SSSR count). The largest absolute Gasteiger partial charge is 0.487 e. The van der Waals surface area contributed by atoms with Crippen LogP contribution in [-0.4, -0.2) is 30.4 Å². The van der Waals surface area contributed by atoms with Gasteiger partial charge >= 0.3 is 0 Å². The third kappa shape index (κ3) is 4.57. The predicted molar refractivity (Wildman–Crippen MR) is 70.2 cm³/mol. The van der Waals surface area contributed by atoms with Gasteiger partial charge in [-0.15, -0.1) is 0 Å². The molecule has 21 heavy (non-hydrogen) atoms. The highest BCUT2D eigenvalue weighted by Crippen LogP contribution is 2.26. The van der Waals surface area contributed by atoms with Crippen LogP contribution >= 0.6 is 0 Å². The average molecular weight is 309 g/mol. The van der Waals surface area contributed by atoms with Gasteiger partial charge in [0.25, 0.3) is 0 Å². The van der Waals surface area contributed by atoms with Crippen molar-refractivity contribution in [1.29, 1.82) is 0 Å². The van der Waals surface area contributed by atoms with Crippen molar-refractivity contribution in [2.75, 3.05) is 19.8 Å². The molecule has 2 N–H and O–H groups in total. The van der Waals surface area contributed by atoms with Crippen molar-refractivity contribution in [3.8, 4) is 5.75 Å². The third-order valence-electron chi connectivity index (χ3n) is 3.14. The quantitative estimate of drug-likeness (QED) is 0.441. The molecular weight excluding hydrogens is 290 g/mol. The molecule has 7 heteroatoms. The Labute approximate surface area is 120 Å². The van der Waals surface area contributed by atoms with Gasteiger partial charge in [-0.3, -0.25) is 0 Å². The molecule has 0 fully saturated rings. The van der Waals surface area contributed by atoms with Crippen LogP contribution in [0.4, 0.5) is 17.6 Å². The highest BCUT2D eigenvalue weighted by molar-refractivity contribution is 5.28. The summed E-state index contributed by atoms with van der Waals surface area (Å²) in [6.07, 6.45) is 0.819. The smallest absolute Gasteiger partial charge is 0.203 e. The van der Waals surface area contributed by atoms with E-state index in [2.05, 4.69) is 5.32 Å². The summed E-state index contributed by atoms with van der Waals surface area (Å²) in [5, 5.41) is 12.3. The van der Waals surface area contributed by atoms with Crippen molar-refractivity contribution >= 4 is 0 Å². The van der Waals surface area contributed by atoms with Crippen molar-refractivity contribution in [3.63, 3.8) is 0 Å². The number of likely N-dealkylation sites (N-methyl/N-ethyl adjacent to an activating group) is 1. The standard InChI is InChI=1S/C14H19F4NO2/c1-3-19-14(2,8-20)5-4-6-21-13-11(17)9(15)7-10(16)12(13)18/h7,19-20H,3-6,8H2,1-2H3. The number of aliphatic hydroxyl groups excluding tert-OH is 1. The molecule has 120 valence electrons. The first-order chi connectivity index (χ1) is 9.84. The molecule has 0 saturated heterocycles. The third-order valence-corrected chi connectivity index (χ3v) is 3.14. The summed E-state index contributed by atoms with van der Waals surface area (Å²) in [4.78, 5) is 0. The number of halogens is 4. The summed E-state index contributed by atoms with van der Waals surface area (Å²) in [6.45, 7) is 4.08. The normalized spacial score (nSPS) is 14.0. The maximum Gasteiger partial charge on any atom is 0.203 e. The molecule has 0 aliphatic rings. The van der Waals surface area contributed by atoms with Gasteiger partial charge in [0.2, 0.25) is 11.6 Å². The molecule has 0 radical (unpaired) electrons. The van der Waals surface area contributed by atoms with Crippen LogP contribution in [0.15, 0.2) is 6.07 Å². The molecule has 0 spiro atoms. The molecule has 0 amide bonds. The molecule has 0 aliphatic carbocycles. The number of benzene rings is 1. The summed E-state index contributed by atoms with van der Waals surface area (Å²) in [6, 6.07) is 0.130. The Kier molecular flexibility index (Phi) is 6.42. The number of hydrogen-bond acceptors (Lipinski definition) is 3. The SMILES string of the molecule is CCNC(C)(CO)CCCOc1c(F)c(F)cc(F)c1F. The fraction of sp³-hybridized carbons (Fsp3) is 0.571. The van der Waals surface area contributed by atoms with E-state index in [1.807, 2.05) is 6.92 Å². The summed E-state index contributed by atoms with van der Waals surface area (Å²) in [7, 11) is 0. The first kappa shape index (κ1) is 17.7. The molecule has 0 heterocycles. The van der Waals surface area contributed by atoms with Crippen molar-refractivity contribution < 1.29 is 27.4 Å². The zero-order valence-corrected chi connectivity index (χ0v) is 12.0. The van der Waals surface area contributed by atoms with Crippen molar-refractivity contribution in [2.45, 2.75) is 32.2 Å².